The third kappa shape index (κ3) is 5.00. The van der Waals surface area contributed by atoms with Crippen molar-refractivity contribution in [1.82, 2.24) is 24.5 Å². The van der Waals surface area contributed by atoms with Gasteiger partial charge in [-0.1, -0.05) is 12.1 Å². The fraction of sp³-hybridized carbons (Fsp3) is 0.550. The van der Waals surface area contributed by atoms with Gasteiger partial charge in [0.2, 0.25) is 5.89 Å². The van der Waals surface area contributed by atoms with Crippen LogP contribution in [0.25, 0.3) is 0 Å². The zero-order valence-corrected chi connectivity index (χ0v) is 18.0. The molecular formula is C20H27N5O4S. The van der Waals surface area contributed by atoms with Gasteiger partial charge in [-0.05, 0) is 29.9 Å². The Labute approximate surface area is 180 Å². The van der Waals surface area contributed by atoms with Crippen molar-refractivity contribution in [2.75, 3.05) is 59.6 Å². The Hall–Kier alpha value is -2.43. The van der Waals surface area contributed by atoms with Crippen LogP contribution in [-0.2, 0) is 17.8 Å². The number of piperazine rings is 1. The lowest BCUT2D eigenvalue weighted by Crippen LogP contribution is -2.54. The molecule has 0 saturated carbocycles. The Morgan fingerprint density at radius 1 is 1.07 bits per heavy atom. The van der Waals surface area contributed by atoms with Crippen LogP contribution in [0.3, 0.4) is 0 Å². The molecule has 1 aromatic carbocycles. The normalized spacial score (nSPS) is 17.9. The molecule has 0 N–H and O–H groups in total. The Balaban J connectivity index is 1.29. The summed E-state index contributed by atoms with van der Waals surface area (Å²) >= 11 is 5.35. The SMILES string of the molecule is COc1ccc(Cc2nn(CN3CCN(C(=O)N4CCOCC4)CC3)c(=S)o2)cc1. The molecule has 0 radical (unpaired) electrons. The predicted octanol–water partition coefficient (Wildman–Crippen LogP) is 1.83. The minimum absolute atomic E-state index is 0.109. The molecule has 2 aliphatic rings. The highest BCUT2D eigenvalue weighted by atomic mass is 32.1. The summed E-state index contributed by atoms with van der Waals surface area (Å²) in [6.45, 7) is 6.08. The van der Waals surface area contributed by atoms with Gasteiger partial charge in [0.1, 0.15) is 5.75 Å². The van der Waals surface area contributed by atoms with Crippen molar-refractivity contribution in [2.24, 2.45) is 0 Å². The van der Waals surface area contributed by atoms with Crippen molar-refractivity contribution in [3.63, 3.8) is 0 Å². The number of methoxy groups -OCH3 is 1. The molecule has 3 heterocycles. The van der Waals surface area contributed by atoms with Gasteiger partial charge in [-0.15, -0.1) is 5.10 Å². The van der Waals surface area contributed by atoms with Crippen molar-refractivity contribution in [1.29, 1.82) is 0 Å². The van der Waals surface area contributed by atoms with E-state index < -0.39 is 0 Å². The highest BCUT2D eigenvalue weighted by molar-refractivity contribution is 7.71. The van der Waals surface area contributed by atoms with E-state index in [-0.39, 0.29) is 6.03 Å². The molecule has 30 heavy (non-hydrogen) atoms. The van der Waals surface area contributed by atoms with E-state index >= 15 is 0 Å². The van der Waals surface area contributed by atoms with E-state index in [1.54, 1.807) is 11.8 Å². The lowest BCUT2D eigenvalue weighted by molar-refractivity contribution is 0.0353. The summed E-state index contributed by atoms with van der Waals surface area (Å²) in [7, 11) is 1.65. The Kier molecular flexibility index (Phi) is 6.66. The maximum Gasteiger partial charge on any atom is 0.320 e. The summed E-state index contributed by atoms with van der Waals surface area (Å²) in [6, 6.07) is 7.91. The number of urea groups is 1. The summed E-state index contributed by atoms with van der Waals surface area (Å²) in [5.74, 6) is 1.41. The van der Waals surface area contributed by atoms with Crippen LogP contribution in [0.15, 0.2) is 28.7 Å². The predicted molar refractivity (Wildman–Crippen MR) is 112 cm³/mol. The van der Waals surface area contributed by atoms with Crippen LogP contribution in [0.5, 0.6) is 5.75 Å². The van der Waals surface area contributed by atoms with Crippen LogP contribution in [0.2, 0.25) is 0 Å². The van der Waals surface area contributed by atoms with Crippen LogP contribution in [0, 0.1) is 4.84 Å². The first kappa shape index (κ1) is 20.8. The molecule has 4 rings (SSSR count). The molecule has 1 aromatic heterocycles. The van der Waals surface area contributed by atoms with Crippen LogP contribution in [-0.4, -0.2) is 90.1 Å². The Morgan fingerprint density at radius 2 is 1.73 bits per heavy atom. The fourth-order valence-corrected chi connectivity index (χ4v) is 3.85. The number of ether oxygens (including phenoxy) is 2. The molecule has 9 nitrogen and oxygen atoms in total. The number of aromatic nitrogens is 2. The highest BCUT2D eigenvalue weighted by Crippen LogP contribution is 2.15. The second kappa shape index (κ2) is 9.59. The molecular weight excluding hydrogens is 406 g/mol. The summed E-state index contributed by atoms with van der Waals surface area (Å²) in [4.78, 5) is 19.0. The van der Waals surface area contributed by atoms with E-state index in [2.05, 4.69) is 10.00 Å². The molecule has 2 saturated heterocycles. The number of hydrogen-bond donors (Lipinski definition) is 0. The van der Waals surface area contributed by atoms with Crippen LogP contribution >= 0.6 is 12.2 Å². The van der Waals surface area contributed by atoms with Gasteiger partial charge in [-0.2, -0.15) is 0 Å². The summed E-state index contributed by atoms with van der Waals surface area (Å²) in [5, 5.41) is 4.54. The minimum Gasteiger partial charge on any atom is -0.497 e. The van der Waals surface area contributed by atoms with Gasteiger partial charge in [-0.25, -0.2) is 9.48 Å². The summed E-state index contributed by atoms with van der Waals surface area (Å²) < 4.78 is 17.9. The smallest absolute Gasteiger partial charge is 0.320 e. The fourth-order valence-electron chi connectivity index (χ4n) is 3.65. The molecule has 2 aromatic rings. The van der Waals surface area contributed by atoms with Gasteiger partial charge in [0.25, 0.3) is 4.84 Å². The molecule has 162 valence electrons. The molecule has 0 bridgehead atoms. The maximum absolute atomic E-state index is 12.6. The van der Waals surface area contributed by atoms with Gasteiger partial charge in [0.15, 0.2) is 0 Å². The van der Waals surface area contributed by atoms with Crippen molar-refractivity contribution < 1.29 is 18.7 Å². The minimum atomic E-state index is 0.109. The number of amides is 2. The molecule has 10 heteroatoms. The van der Waals surface area contributed by atoms with Crippen molar-refractivity contribution >= 4 is 18.2 Å². The zero-order chi connectivity index (χ0) is 20.9. The van der Waals surface area contributed by atoms with Gasteiger partial charge in [0.05, 0.1) is 33.4 Å². The number of hydrogen-bond acceptors (Lipinski definition) is 7. The first-order valence-corrected chi connectivity index (χ1v) is 10.6. The van der Waals surface area contributed by atoms with E-state index in [0.717, 1.165) is 24.4 Å². The van der Waals surface area contributed by atoms with Gasteiger partial charge in [-0.3, -0.25) is 4.90 Å². The average molecular weight is 434 g/mol. The van der Waals surface area contributed by atoms with E-state index in [9.17, 15) is 4.79 Å². The third-order valence-corrected chi connectivity index (χ3v) is 5.71. The molecule has 0 atom stereocenters. The van der Waals surface area contributed by atoms with E-state index in [4.69, 9.17) is 26.1 Å². The molecule has 2 aliphatic heterocycles. The zero-order valence-electron chi connectivity index (χ0n) is 17.2. The van der Waals surface area contributed by atoms with Crippen LogP contribution in [0.4, 0.5) is 4.79 Å². The van der Waals surface area contributed by atoms with Crippen molar-refractivity contribution in [3.8, 4) is 5.75 Å². The Bertz CT molecular complexity index is 899. The maximum atomic E-state index is 12.6. The Morgan fingerprint density at radius 3 is 2.40 bits per heavy atom. The highest BCUT2D eigenvalue weighted by Gasteiger charge is 2.26. The summed E-state index contributed by atoms with van der Waals surface area (Å²) in [6.07, 6.45) is 0.572. The first-order valence-electron chi connectivity index (χ1n) is 10.2. The summed E-state index contributed by atoms with van der Waals surface area (Å²) in [5.41, 5.74) is 1.08. The van der Waals surface area contributed by atoms with Gasteiger partial charge >= 0.3 is 6.03 Å². The molecule has 2 amide bonds. The number of carbonyl (C=O) groups excluding carboxylic acids is 1. The standard InChI is InChI=1S/C20H27N5O4S/c1-27-17-4-2-16(3-5-17)14-18-21-25(20(30)29-18)15-22-6-8-23(9-7-22)19(26)24-10-12-28-13-11-24/h2-5H,6-15H2,1H3. The quantitative estimate of drug-likeness (QED) is 0.666. The molecule has 0 aliphatic carbocycles. The van der Waals surface area contributed by atoms with Crippen molar-refractivity contribution in [3.05, 3.63) is 40.6 Å². The molecule has 0 unspecified atom stereocenters. The topological polar surface area (TPSA) is 76.2 Å². The van der Waals surface area contributed by atoms with Gasteiger partial charge < -0.3 is 23.7 Å². The van der Waals surface area contributed by atoms with Gasteiger partial charge in [0, 0.05) is 39.3 Å². The largest absolute Gasteiger partial charge is 0.497 e. The van der Waals surface area contributed by atoms with E-state index in [1.807, 2.05) is 34.1 Å². The van der Waals surface area contributed by atoms with Crippen LogP contribution < -0.4 is 4.74 Å². The van der Waals surface area contributed by atoms with E-state index in [0.29, 0.717) is 63.2 Å². The number of morpholine rings is 1. The van der Waals surface area contributed by atoms with Crippen LogP contribution in [0.1, 0.15) is 11.5 Å². The second-order valence-corrected chi connectivity index (χ2v) is 7.76. The monoisotopic (exact) mass is 433 g/mol. The number of carbonyl (C=O) groups is 1. The third-order valence-electron chi connectivity index (χ3n) is 5.42. The number of nitrogens with zero attached hydrogens (tertiary/aromatic N) is 5. The second-order valence-electron chi connectivity index (χ2n) is 7.41. The lowest BCUT2D eigenvalue weighted by atomic mass is 10.1. The number of benzene rings is 1. The lowest BCUT2D eigenvalue weighted by Gasteiger charge is -2.38. The molecule has 0 spiro atoms. The van der Waals surface area contributed by atoms with Crippen molar-refractivity contribution in [2.45, 2.75) is 13.1 Å². The molecule has 2 fully saturated rings. The first-order chi connectivity index (χ1) is 14.6. The number of rotatable bonds is 5. The average Bonchev–Trinajstić information content (AvgIpc) is 3.13. The van der Waals surface area contributed by atoms with E-state index in [1.165, 1.54) is 0 Å².